The first kappa shape index (κ1) is 23.0. The zero-order chi connectivity index (χ0) is 23.3. The number of amides is 1. The maximum Gasteiger partial charge on any atom is 0.410 e. The second-order valence-electron chi connectivity index (χ2n) is 6.89. The lowest BCUT2D eigenvalue weighted by Gasteiger charge is -2.21. The molecule has 170 valence electrons. The number of carbonyl (C=O) groups is 3. The topological polar surface area (TPSA) is 112 Å². The van der Waals surface area contributed by atoms with E-state index >= 15 is 0 Å². The van der Waals surface area contributed by atoms with Crippen molar-refractivity contribution in [2.75, 3.05) is 27.6 Å². The van der Waals surface area contributed by atoms with E-state index in [4.69, 9.17) is 24.1 Å². The molecule has 0 saturated carbocycles. The minimum atomic E-state index is -1.16. The van der Waals surface area contributed by atoms with Crippen LogP contribution in [0.1, 0.15) is 39.1 Å². The first-order valence-electron chi connectivity index (χ1n) is 9.71. The Morgan fingerprint density at radius 1 is 1.06 bits per heavy atom. The van der Waals surface area contributed by atoms with Gasteiger partial charge in [-0.1, -0.05) is 12.1 Å². The number of halogens is 1. The highest BCUT2D eigenvalue weighted by Crippen LogP contribution is 2.31. The van der Waals surface area contributed by atoms with E-state index in [1.165, 1.54) is 50.6 Å². The molecule has 3 rings (SSSR count). The quantitative estimate of drug-likeness (QED) is 0.373. The maximum atomic E-state index is 14.8. The van der Waals surface area contributed by atoms with Crippen molar-refractivity contribution in [3.63, 3.8) is 0 Å². The van der Waals surface area contributed by atoms with Gasteiger partial charge in [0.1, 0.15) is 11.3 Å². The Labute approximate surface area is 183 Å². The van der Waals surface area contributed by atoms with Gasteiger partial charge >= 0.3 is 12.1 Å². The van der Waals surface area contributed by atoms with Crippen molar-refractivity contribution >= 4 is 17.8 Å². The molecule has 1 atom stereocenters. The van der Waals surface area contributed by atoms with Crippen molar-refractivity contribution < 1.29 is 42.8 Å². The summed E-state index contributed by atoms with van der Waals surface area (Å²) in [6, 6.07) is 8.13. The number of nitrogens with zero attached hydrogens (tertiary/aromatic N) is 1. The summed E-state index contributed by atoms with van der Waals surface area (Å²) < 4.78 is 35.2. The Bertz CT molecular complexity index is 1010. The normalized spacial score (nSPS) is 15.3. The Morgan fingerprint density at radius 3 is 2.34 bits per heavy atom. The summed E-state index contributed by atoms with van der Waals surface area (Å²) in [6.45, 7) is 0.103. The van der Waals surface area contributed by atoms with Crippen LogP contribution >= 0.6 is 0 Å². The lowest BCUT2D eigenvalue weighted by molar-refractivity contribution is -0.00816. The molecule has 1 N–H and O–H groups in total. The average Bonchev–Trinajstić information content (AvgIpc) is 3.26. The number of esters is 1. The van der Waals surface area contributed by atoms with Crippen LogP contribution in [0.4, 0.5) is 9.18 Å². The summed E-state index contributed by atoms with van der Waals surface area (Å²) in [5.74, 6) is -2.44. The lowest BCUT2D eigenvalue weighted by Crippen LogP contribution is -2.37. The van der Waals surface area contributed by atoms with Crippen molar-refractivity contribution in [2.24, 2.45) is 0 Å². The second-order valence-corrected chi connectivity index (χ2v) is 6.89. The van der Waals surface area contributed by atoms with Crippen LogP contribution in [0.15, 0.2) is 36.4 Å². The summed E-state index contributed by atoms with van der Waals surface area (Å²) in [5, 5.41) is 9.15. The number of carbonyl (C=O) groups excluding carboxylic acids is 2. The molecule has 1 saturated heterocycles. The van der Waals surface area contributed by atoms with E-state index in [2.05, 4.69) is 0 Å². The fourth-order valence-corrected chi connectivity index (χ4v) is 3.32. The van der Waals surface area contributed by atoms with Crippen molar-refractivity contribution in [3.05, 3.63) is 58.9 Å². The Hall–Kier alpha value is -3.66. The summed E-state index contributed by atoms with van der Waals surface area (Å²) >= 11 is 0. The number of methoxy groups -OCH3 is 2. The van der Waals surface area contributed by atoms with Gasteiger partial charge in [0.15, 0.2) is 30.4 Å². The lowest BCUT2D eigenvalue weighted by atomic mass is 10.00. The van der Waals surface area contributed by atoms with Crippen LogP contribution < -0.4 is 9.47 Å². The average molecular weight is 447 g/mol. The molecule has 1 fully saturated rings. The van der Waals surface area contributed by atoms with Crippen LogP contribution in [0.25, 0.3) is 0 Å². The Morgan fingerprint density at radius 2 is 1.72 bits per heavy atom. The van der Waals surface area contributed by atoms with Crippen LogP contribution in [0, 0.1) is 5.82 Å². The van der Waals surface area contributed by atoms with Gasteiger partial charge in [-0.15, -0.1) is 0 Å². The van der Waals surface area contributed by atoms with Crippen LogP contribution in [0.5, 0.6) is 11.5 Å². The third-order valence-corrected chi connectivity index (χ3v) is 4.92. The molecule has 0 radical (unpaired) electrons. The van der Waals surface area contributed by atoms with Gasteiger partial charge in [0, 0.05) is 25.6 Å². The van der Waals surface area contributed by atoms with E-state index in [-0.39, 0.29) is 35.0 Å². The van der Waals surface area contributed by atoms with Gasteiger partial charge in [0.2, 0.25) is 0 Å². The van der Waals surface area contributed by atoms with E-state index in [0.29, 0.717) is 19.4 Å². The van der Waals surface area contributed by atoms with Crippen LogP contribution in [0.3, 0.4) is 0 Å². The predicted molar refractivity (Wildman–Crippen MR) is 108 cm³/mol. The van der Waals surface area contributed by atoms with Gasteiger partial charge < -0.3 is 24.1 Å². The van der Waals surface area contributed by atoms with Crippen molar-refractivity contribution in [1.82, 2.24) is 4.90 Å². The fraction of sp³-hybridized carbons (Fsp3) is 0.318. The molecule has 0 bridgehead atoms. The highest BCUT2D eigenvalue weighted by Gasteiger charge is 2.32. The minimum absolute atomic E-state index is 0.0198. The van der Waals surface area contributed by atoms with E-state index in [1.807, 2.05) is 0 Å². The molecule has 1 heterocycles. The molecule has 0 aliphatic carbocycles. The first-order chi connectivity index (χ1) is 15.4. The van der Waals surface area contributed by atoms with Crippen molar-refractivity contribution in [2.45, 2.75) is 19.1 Å². The van der Waals surface area contributed by atoms with Gasteiger partial charge in [-0.2, -0.15) is 0 Å². The standard InChI is InChI=1S/C22H22FNO8/c1-29-12-31-15-9-10-16(30-2)19(23)18(15)20(25)13-5-7-14(8-6-13)21(26)32-17-4-3-11-24(17)22(27)28/h5-10,17H,3-4,11-12H2,1-2H3,(H,27,28). The van der Waals surface area contributed by atoms with Crippen LogP contribution in [-0.2, 0) is 9.47 Å². The largest absolute Gasteiger partial charge is 0.494 e. The summed E-state index contributed by atoms with van der Waals surface area (Å²) in [7, 11) is 2.67. The van der Waals surface area contributed by atoms with E-state index in [1.54, 1.807) is 0 Å². The van der Waals surface area contributed by atoms with E-state index in [9.17, 15) is 18.8 Å². The molecule has 2 aromatic carbocycles. The molecule has 0 spiro atoms. The number of hydrogen-bond acceptors (Lipinski definition) is 7. The Kier molecular flexibility index (Phi) is 7.26. The highest BCUT2D eigenvalue weighted by molar-refractivity contribution is 6.11. The number of ether oxygens (including phenoxy) is 4. The van der Waals surface area contributed by atoms with Crippen molar-refractivity contribution in [3.8, 4) is 11.5 Å². The predicted octanol–water partition coefficient (Wildman–Crippen LogP) is 3.30. The smallest absolute Gasteiger partial charge is 0.410 e. The Balaban J connectivity index is 1.81. The molecule has 32 heavy (non-hydrogen) atoms. The molecular formula is C22H22FNO8. The van der Waals surface area contributed by atoms with Gasteiger partial charge in [-0.3, -0.25) is 9.69 Å². The summed E-state index contributed by atoms with van der Waals surface area (Å²) in [5.41, 5.74) is -0.107. The molecule has 0 aromatic heterocycles. The number of benzene rings is 2. The second kappa shape index (κ2) is 10.1. The van der Waals surface area contributed by atoms with Crippen molar-refractivity contribution in [1.29, 1.82) is 0 Å². The number of likely N-dealkylation sites (tertiary alicyclic amines) is 1. The van der Waals surface area contributed by atoms with Gasteiger partial charge in [0.05, 0.1) is 12.7 Å². The third-order valence-electron chi connectivity index (χ3n) is 4.92. The third kappa shape index (κ3) is 4.80. The monoisotopic (exact) mass is 447 g/mol. The van der Waals surface area contributed by atoms with Gasteiger partial charge in [-0.05, 0) is 30.7 Å². The molecule has 1 unspecified atom stereocenters. The maximum absolute atomic E-state index is 14.8. The van der Waals surface area contributed by atoms with Crippen LogP contribution in [-0.4, -0.2) is 61.6 Å². The molecule has 2 aromatic rings. The first-order valence-corrected chi connectivity index (χ1v) is 9.71. The zero-order valence-electron chi connectivity index (χ0n) is 17.5. The molecule has 1 aliphatic rings. The SMILES string of the molecule is COCOc1ccc(OC)c(F)c1C(=O)c1ccc(C(=O)OC2CCCN2C(=O)O)cc1. The van der Waals surface area contributed by atoms with E-state index in [0.717, 1.165) is 4.90 Å². The molecule has 1 amide bonds. The fourth-order valence-electron chi connectivity index (χ4n) is 3.32. The summed E-state index contributed by atoms with van der Waals surface area (Å²) in [6.07, 6.45) is -1.01. The number of hydrogen-bond donors (Lipinski definition) is 1. The molecule has 1 aliphatic heterocycles. The zero-order valence-corrected chi connectivity index (χ0v) is 17.5. The van der Waals surface area contributed by atoms with Gasteiger partial charge in [-0.25, -0.2) is 14.0 Å². The molecule has 10 heteroatoms. The number of ketones is 1. The van der Waals surface area contributed by atoms with Crippen LogP contribution in [0.2, 0.25) is 0 Å². The van der Waals surface area contributed by atoms with E-state index < -0.39 is 29.9 Å². The van der Waals surface area contributed by atoms with Gasteiger partial charge in [0.25, 0.3) is 0 Å². The summed E-state index contributed by atoms with van der Waals surface area (Å²) in [4.78, 5) is 37.6. The minimum Gasteiger partial charge on any atom is -0.494 e. The molecular weight excluding hydrogens is 425 g/mol. The number of rotatable bonds is 8. The highest BCUT2D eigenvalue weighted by atomic mass is 19.1. The number of carboxylic acid groups (broad SMARTS) is 1. The molecule has 9 nitrogen and oxygen atoms in total.